The Hall–Kier alpha value is -7.33. The molecule has 2 aromatic rings. The molecular formula is C83H132N4O23S6. The van der Waals surface area contributed by atoms with Gasteiger partial charge in [0, 0.05) is 56.3 Å². The number of unbranched alkanes of at least 4 members (excludes halogenated alkanes) is 4. The minimum absolute atomic E-state index is 0.0335. The number of ketones is 4. The number of thioether (sulfide) groups is 4. The summed E-state index contributed by atoms with van der Waals surface area (Å²) in [6.45, 7) is 25.8. The summed E-state index contributed by atoms with van der Waals surface area (Å²) in [5.41, 5.74) is 1.30. The molecule has 658 valence electrons. The van der Waals surface area contributed by atoms with Crippen LogP contribution >= 0.6 is 59.3 Å². The molecule has 0 aliphatic carbocycles. The Morgan fingerprint density at radius 3 is 1.16 bits per heavy atom. The van der Waals surface area contributed by atoms with Gasteiger partial charge in [-0.2, -0.15) is 35.3 Å². The lowest BCUT2D eigenvalue weighted by atomic mass is 9.92. The number of carbonyl (C=O) groups excluding carboxylic acids is 12. The van der Waals surface area contributed by atoms with Crippen LogP contribution in [-0.2, 0) is 108 Å². The molecule has 33 heteroatoms. The van der Waals surface area contributed by atoms with E-state index in [1.165, 1.54) is 41.2 Å². The zero-order chi connectivity index (χ0) is 89.1. The van der Waals surface area contributed by atoms with Gasteiger partial charge in [0.05, 0.1) is 92.4 Å². The second kappa shape index (κ2) is 72.9. The topological polar surface area (TPSA) is 418 Å². The van der Waals surface area contributed by atoms with Gasteiger partial charge >= 0.3 is 41.8 Å². The summed E-state index contributed by atoms with van der Waals surface area (Å²) in [6.07, 6.45) is 24.7. The summed E-state index contributed by atoms with van der Waals surface area (Å²) in [7, 11) is 0.0335. The van der Waals surface area contributed by atoms with Gasteiger partial charge < -0.3 is 64.7 Å². The molecule has 10 atom stereocenters. The number of nitrogens with zero attached hydrogens (tertiary/aromatic N) is 1. The summed E-state index contributed by atoms with van der Waals surface area (Å²) in [5, 5.41) is 45.7. The van der Waals surface area contributed by atoms with Crippen LogP contribution in [0.1, 0.15) is 197 Å². The van der Waals surface area contributed by atoms with Gasteiger partial charge in [0.25, 0.3) is 0 Å². The monoisotopic (exact) mass is 1740 g/mol. The number of allylic oxidation sites excluding steroid dienone is 1. The Kier molecular flexibility index (Phi) is 72.2. The van der Waals surface area contributed by atoms with E-state index in [4.69, 9.17) is 31.5 Å². The molecule has 3 amide bonds. The summed E-state index contributed by atoms with van der Waals surface area (Å²) in [4.78, 5) is 176. The van der Waals surface area contributed by atoms with E-state index in [1.807, 2.05) is 94.1 Å². The number of carboxylic acid groups (broad SMARTS) is 4. The van der Waals surface area contributed by atoms with E-state index in [9.17, 15) is 87.2 Å². The quantitative estimate of drug-likeness (QED) is 0.00681. The first-order chi connectivity index (χ1) is 55.0. The molecule has 116 heavy (non-hydrogen) atoms. The number of Topliss-reactive ketones (excluding diaryl/α,β-unsaturated/α-hetero) is 3. The van der Waals surface area contributed by atoms with E-state index in [0.29, 0.717) is 50.1 Å². The summed E-state index contributed by atoms with van der Waals surface area (Å²) in [5.74, 6) is -11.2. The van der Waals surface area contributed by atoms with Gasteiger partial charge in [-0.05, 0) is 135 Å². The number of carboxylic acids is 4. The average molecular weight is 1750 g/mol. The largest absolute Gasteiger partial charge is 0.548 e. The van der Waals surface area contributed by atoms with Crippen LogP contribution in [0.5, 0.6) is 0 Å². The highest BCUT2D eigenvalue weighted by molar-refractivity contribution is 8.22. The van der Waals surface area contributed by atoms with Crippen molar-refractivity contribution in [2.45, 2.75) is 215 Å². The fraction of sp³-hybridized carbons (Fsp3) is 0.639. The first-order valence-electron chi connectivity index (χ1n) is 39.2. The Labute approximate surface area is 713 Å². The highest BCUT2D eigenvalue weighted by Crippen LogP contribution is 2.21. The van der Waals surface area contributed by atoms with Crippen molar-refractivity contribution >= 4 is 163 Å². The molecule has 6 N–H and O–H groups in total. The van der Waals surface area contributed by atoms with Crippen LogP contribution in [-0.4, -0.2) is 212 Å². The predicted molar refractivity (Wildman–Crippen MR) is 466 cm³/mol. The number of amides is 3. The molecule has 0 spiro atoms. The molecule has 27 nitrogen and oxygen atoms in total. The zero-order valence-electron chi connectivity index (χ0n) is 70.7. The molecule has 1 aromatic heterocycles. The van der Waals surface area contributed by atoms with Crippen LogP contribution in [0.4, 0.5) is 0 Å². The molecule has 2 rings (SSSR count). The minimum atomic E-state index is -1.36. The molecule has 0 radical (unpaired) electrons. The van der Waals surface area contributed by atoms with Crippen molar-refractivity contribution in [1.29, 1.82) is 0 Å². The Bertz CT molecular complexity index is 3150. The smallest absolute Gasteiger partial charge is 0.330 e. The molecule has 0 aliphatic rings. The standard InChI is InChI=1S/C19H33NO6S.2C18H31NO6S.C12H11NS2.C9H14O3S.C7H12O2/c1-6-8-10-26-19(25)13(3)12-16(21)14(7-2)17(22)20-15(18(23)24)9-11-27(4)5;2*1-5-7-9-25-18(24)12(3)11-15(20)13(6-2)16(21)19-14(17(22)23)8-10-26-4;14-12(13-8-4-5-9-13)15-10-11-6-2-1-3-7-11;1-3-8(10)6-7(9(11)12)4-5-13-2;1-3-5-6-9-7(8)4-2/h13-15H,6-12H2,1-5H3,(H-,20,22,23,24);2*12-14H,5-11H2,1-4H3,(H,19,21)(H,22,23);1-9H,10H2;3,7H,1,4-6H2,2H3,(H,11,12);4H,2-3,5-6H2,1H3/t13?,14?,15-;2*12?,13?,14-;;7-;/m111.1./s1. The van der Waals surface area contributed by atoms with Gasteiger partial charge in [-0.15, -0.1) is 0 Å². The maximum atomic E-state index is 12.4. The number of esters is 4. The number of hydrogen-bond acceptors (Lipinski definition) is 25. The number of benzene rings is 1. The third-order valence-corrected chi connectivity index (χ3v) is 21.3. The van der Waals surface area contributed by atoms with Crippen molar-refractivity contribution in [3.63, 3.8) is 0 Å². The Balaban J connectivity index is -0.000000671. The molecule has 0 aliphatic heterocycles. The van der Waals surface area contributed by atoms with Crippen LogP contribution in [0.25, 0.3) is 0 Å². The first kappa shape index (κ1) is 115. The van der Waals surface area contributed by atoms with E-state index < -0.39 is 125 Å². The number of nitrogens with one attached hydrogen (secondary N) is 3. The van der Waals surface area contributed by atoms with E-state index >= 15 is 0 Å². The highest BCUT2D eigenvalue weighted by atomic mass is 32.2. The van der Waals surface area contributed by atoms with Crippen molar-refractivity contribution in [1.82, 2.24) is 20.5 Å². The van der Waals surface area contributed by atoms with Crippen molar-refractivity contribution in [3.05, 3.63) is 85.7 Å². The van der Waals surface area contributed by atoms with Gasteiger partial charge in [0.1, 0.15) is 39.5 Å². The van der Waals surface area contributed by atoms with Crippen molar-refractivity contribution in [2.24, 2.45) is 41.4 Å². The lowest BCUT2D eigenvalue weighted by molar-refractivity contribution is -0.308. The number of thiocarbonyl (C=S) groups is 1. The number of rotatable bonds is 55. The van der Waals surface area contributed by atoms with Crippen LogP contribution in [0.3, 0.4) is 0 Å². The second-order valence-corrected chi connectivity index (χ2v) is 33.9. The van der Waals surface area contributed by atoms with E-state index in [-0.39, 0.29) is 98.4 Å². The number of aromatic nitrogens is 1. The fourth-order valence-electron chi connectivity index (χ4n) is 9.57. The minimum Gasteiger partial charge on any atom is -0.548 e. The Morgan fingerprint density at radius 2 is 0.853 bits per heavy atom. The maximum absolute atomic E-state index is 12.4. The van der Waals surface area contributed by atoms with Gasteiger partial charge in [0.2, 0.25) is 17.7 Å². The predicted octanol–water partition coefficient (Wildman–Crippen LogP) is 11.7. The average Bonchev–Trinajstić information content (AvgIpc) is 1.09. The van der Waals surface area contributed by atoms with E-state index in [2.05, 4.69) is 58.1 Å². The van der Waals surface area contributed by atoms with Crippen molar-refractivity contribution in [2.75, 3.05) is 80.7 Å². The summed E-state index contributed by atoms with van der Waals surface area (Å²) < 4.78 is 22.8. The lowest BCUT2D eigenvalue weighted by Crippen LogP contribution is -2.51. The van der Waals surface area contributed by atoms with Gasteiger partial charge in [0.15, 0.2) is 5.78 Å². The van der Waals surface area contributed by atoms with Crippen LogP contribution < -0.4 is 21.1 Å². The normalized spacial score (nSPS) is 13.0. The van der Waals surface area contributed by atoms with Crippen LogP contribution in [0, 0.1) is 41.4 Å². The number of hydrogen-bond donors (Lipinski definition) is 6. The van der Waals surface area contributed by atoms with E-state index in [0.717, 1.165) is 67.2 Å². The summed E-state index contributed by atoms with van der Waals surface area (Å²) in [6, 6.07) is 11.2. The number of carbonyl (C=O) groups is 15. The third kappa shape index (κ3) is 57.7. The lowest BCUT2D eigenvalue weighted by Gasteiger charge is -2.22. The zero-order valence-corrected chi connectivity index (χ0v) is 75.6. The summed E-state index contributed by atoms with van der Waals surface area (Å²) >= 11 is 11.5. The molecule has 0 saturated heterocycles. The molecule has 0 saturated carbocycles. The number of ether oxygens (including phenoxy) is 4. The molecule has 0 fully saturated rings. The van der Waals surface area contributed by atoms with Crippen LogP contribution in [0.15, 0.2) is 80.2 Å². The SMILES string of the molecule is C=CC(=O)C[C@@H](CCSC)C(=O)O.C=CC(=O)OCCCC.CCCCOC(=O)C(C)CC(=O)C(CC)C(=O)N[C@H](CCSC)C(=O)O.CCCCOC(=O)C(C)CC(=O)C(CC)C(=O)N[C@H](CCSC)C(=O)O.CCCCOC(=O)C(C)CC(=O)C(CC)C(=O)N[C@H](CC[S+](C)C)C(=O)[O-].S=C(SCc1ccccc1)n1cccc1. The van der Waals surface area contributed by atoms with Gasteiger partial charge in [-0.25, -0.2) is 14.4 Å². The maximum Gasteiger partial charge on any atom is 0.330 e. The first-order valence-corrected chi connectivity index (χ1v) is 46.9. The second-order valence-electron chi connectivity index (χ2n) is 26.9. The highest BCUT2D eigenvalue weighted by Gasteiger charge is 2.34. The van der Waals surface area contributed by atoms with Crippen LogP contribution in [0.2, 0.25) is 0 Å². The number of aliphatic carboxylic acids is 4. The van der Waals surface area contributed by atoms with Gasteiger partial charge in [-0.1, -0.05) is 162 Å². The molecular weight excluding hydrogens is 1610 g/mol. The molecule has 6 unspecified atom stereocenters. The van der Waals surface area contributed by atoms with E-state index in [1.54, 1.807) is 65.1 Å². The van der Waals surface area contributed by atoms with Crippen molar-refractivity contribution in [3.8, 4) is 0 Å². The third-order valence-electron chi connectivity index (χ3n) is 16.8. The fourth-order valence-corrected chi connectivity index (χ4v) is 12.8. The van der Waals surface area contributed by atoms with Crippen molar-refractivity contribution < 1.29 is 111 Å². The molecule has 1 aromatic carbocycles. The molecule has 1 heterocycles. The van der Waals surface area contributed by atoms with Gasteiger partial charge in [-0.3, -0.25) is 52.7 Å². The molecule has 0 bridgehead atoms. The Morgan fingerprint density at radius 1 is 0.500 bits per heavy atom.